The highest BCUT2D eigenvalue weighted by atomic mass is 16.2. The molecular formula is C16H31N3O. The van der Waals surface area contributed by atoms with Gasteiger partial charge in [-0.25, -0.2) is 0 Å². The summed E-state index contributed by atoms with van der Waals surface area (Å²) in [5.41, 5.74) is 0. The number of piperidine rings is 1. The molecule has 0 radical (unpaired) electrons. The minimum Gasteiger partial charge on any atom is -0.338 e. The van der Waals surface area contributed by atoms with E-state index in [1.165, 1.54) is 25.7 Å². The first-order valence-electron chi connectivity index (χ1n) is 8.26. The van der Waals surface area contributed by atoms with Crippen LogP contribution in [0.2, 0.25) is 0 Å². The van der Waals surface area contributed by atoms with E-state index in [1.54, 1.807) is 0 Å². The van der Waals surface area contributed by atoms with E-state index >= 15 is 0 Å². The maximum Gasteiger partial charge on any atom is 0.226 e. The molecule has 0 bridgehead atoms. The van der Waals surface area contributed by atoms with Crippen LogP contribution in [-0.2, 0) is 4.79 Å². The number of nitrogens with zero attached hydrogens (tertiary/aromatic N) is 2. The fourth-order valence-electron chi connectivity index (χ4n) is 3.59. The van der Waals surface area contributed by atoms with Crippen molar-refractivity contribution in [3.8, 4) is 0 Å². The van der Waals surface area contributed by atoms with E-state index in [2.05, 4.69) is 36.1 Å². The molecular weight excluding hydrogens is 250 g/mol. The van der Waals surface area contributed by atoms with Gasteiger partial charge in [0, 0.05) is 31.1 Å². The van der Waals surface area contributed by atoms with Gasteiger partial charge in [-0.3, -0.25) is 4.79 Å². The maximum absolute atomic E-state index is 12.9. The van der Waals surface area contributed by atoms with E-state index in [9.17, 15) is 4.79 Å². The molecule has 2 fully saturated rings. The number of carbonyl (C=O) groups is 1. The topological polar surface area (TPSA) is 35.6 Å². The van der Waals surface area contributed by atoms with Gasteiger partial charge in [-0.05, 0) is 53.2 Å². The summed E-state index contributed by atoms with van der Waals surface area (Å²) in [5, 5.41) is 3.45. The lowest BCUT2D eigenvalue weighted by molar-refractivity contribution is -0.139. The average Bonchev–Trinajstić information content (AvgIpc) is 2.92. The van der Waals surface area contributed by atoms with Gasteiger partial charge in [0.05, 0.1) is 0 Å². The van der Waals surface area contributed by atoms with Crippen molar-refractivity contribution in [2.75, 3.05) is 33.7 Å². The van der Waals surface area contributed by atoms with E-state index in [1.807, 2.05) is 0 Å². The second kappa shape index (κ2) is 7.41. The Morgan fingerprint density at radius 1 is 1.15 bits per heavy atom. The third-order valence-corrected chi connectivity index (χ3v) is 4.81. The molecule has 4 nitrogen and oxygen atoms in total. The lowest BCUT2D eigenvalue weighted by Crippen LogP contribution is -2.49. The first-order chi connectivity index (χ1) is 9.58. The normalized spacial score (nSPS) is 28.0. The Labute approximate surface area is 123 Å². The van der Waals surface area contributed by atoms with Gasteiger partial charge in [0.15, 0.2) is 0 Å². The van der Waals surface area contributed by atoms with Gasteiger partial charge in [0.2, 0.25) is 5.91 Å². The number of hydrogen-bond donors (Lipinski definition) is 1. The molecule has 2 atom stereocenters. The fraction of sp³-hybridized carbons (Fsp3) is 0.938. The largest absolute Gasteiger partial charge is 0.338 e. The summed E-state index contributed by atoms with van der Waals surface area (Å²) < 4.78 is 0. The van der Waals surface area contributed by atoms with Crippen molar-refractivity contribution in [3.05, 3.63) is 0 Å². The third kappa shape index (κ3) is 4.19. The Kier molecular flexibility index (Phi) is 5.85. The number of amides is 1. The van der Waals surface area contributed by atoms with Crippen molar-refractivity contribution in [2.45, 2.75) is 57.5 Å². The molecule has 20 heavy (non-hydrogen) atoms. The minimum atomic E-state index is 0.244. The smallest absolute Gasteiger partial charge is 0.226 e. The van der Waals surface area contributed by atoms with Crippen LogP contribution < -0.4 is 5.32 Å². The SMILES string of the molecule is CC1CC(C(=O)N(CCN(C)C)C2CCCC2)CCN1. The Hall–Kier alpha value is -0.610. The van der Waals surface area contributed by atoms with Crippen LogP contribution in [-0.4, -0.2) is 61.5 Å². The molecule has 2 unspecified atom stereocenters. The summed E-state index contributed by atoms with van der Waals surface area (Å²) in [6, 6.07) is 0.990. The molecule has 0 spiro atoms. The third-order valence-electron chi connectivity index (χ3n) is 4.81. The van der Waals surface area contributed by atoms with Gasteiger partial charge in [-0.15, -0.1) is 0 Å². The molecule has 4 heteroatoms. The fourth-order valence-corrected chi connectivity index (χ4v) is 3.59. The molecule has 0 aromatic heterocycles. The van der Waals surface area contributed by atoms with Crippen LogP contribution in [0.15, 0.2) is 0 Å². The molecule has 2 aliphatic rings. The minimum absolute atomic E-state index is 0.244. The summed E-state index contributed by atoms with van der Waals surface area (Å²) in [6.45, 7) is 5.06. The van der Waals surface area contributed by atoms with Crippen molar-refractivity contribution in [1.29, 1.82) is 0 Å². The first kappa shape index (κ1) is 15.8. The van der Waals surface area contributed by atoms with Crippen molar-refractivity contribution in [3.63, 3.8) is 0 Å². The zero-order valence-corrected chi connectivity index (χ0v) is 13.4. The number of rotatable bonds is 5. The van der Waals surface area contributed by atoms with E-state index in [0.29, 0.717) is 18.0 Å². The van der Waals surface area contributed by atoms with E-state index in [4.69, 9.17) is 0 Å². The van der Waals surface area contributed by atoms with Crippen molar-refractivity contribution < 1.29 is 4.79 Å². The molecule has 2 rings (SSSR count). The van der Waals surface area contributed by atoms with Gasteiger partial charge in [0.25, 0.3) is 0 Å². The van der Waals surface area contributed by atoms with Crippen LogP contribution >= 0.6 is 0 Å². The molecule has 1 aliphatic carbocycles. The Balaban J connectivity index is 1.98. The molecule has 1 saturated carbocycles. The lowest BCUT2D eigenvalue weighted by Gasteiger charge is -2.36. The summed E-state index contributed by atoms with van der Waals surface area (Å²) in [7, 11) is 4.17. The second-order valence-electron chi connectivity index (χ2n) is 6.85. The number of hydrogen-bond acceptors (Lipinski definition) is 3. The molecule has 116 valence electrons. The molecule has 1 aliphatic heterocycles. The number of carbonyl (C=O) groups excluding carboxylic acids is 1. The van der Waals surface area contributed by atoms with Crippen LogP contribution in [0.3, 0.4) is 0 Å². The summed E-state index contributed by atoms with van der Waals surface area (Å²) in [5.74, 6) is 0.668. The predicted octanol–water partition coefficient (Wildman–Crippen LogP) is 1.71. The van der Waals surface area contributed by atoms with E-state index < -0.39 is 0 Å². The van der Waals surface area contributed by atoms with Crippen LogP contribution in [0.5, 0.6) is 0 Å². The van der Waals surface area contributed by atoms with Gasteiger partial charge < -0.3 is 15.1 Å². The van der Waals surface area contributed by atoms with Gasteiger partial charge in [-0.2, -0.15) is 0 Å². The van der Waals surface area contributed by atoms with E-state index in [0.717, 1.165) is 32.5 Å². The number of likely N-dealkylation sites (N-methyl/N-ethyl adjacent to an activating group) is 1. The Morgan fingerprint density at radius 3 is 2.45 bits per heavy atom. The van der Waals surface area contributed by atoms with Crippen molar-refractivity contribution in [2.24, 2.45) is 5.92 Å². The lowest BCUT2D eigenvalue weighted by atomic mass is 9.91. The summed E-state index contributed by atoms with van der Waals surface area (Å²) in [4.78, 5) is 17.3. The zero-order valence-electron chi connectivity index (χ0n) is 13.4. The Bertz CT molecular complexity index is 313. The average molecular weight is 281 g/mol. The van der Waals surface area contributed by atoms with Crippen molar-refractivity contribution >= 4 is 5.91 Å². The molecule has 1 amide bonds. The first-order valence-corrected chi connectivity index (χ1v) is 8.26. The summed E-state index contributed by atoms with van der Waals surface area (Å²) >= 11 is 0. The predicted molar refractivity (Wildman–Crippen MR) is 82.7 cm³/mol. The summed E-state index contributed by atoms with van der Waals surface area (Å²) in [6.07, 6.45) is 7.01. The molecule has 1 heterocycles. The van der Waals surface area contributed by atoms with Crippen LogP contribution in [0.4, 0.5) is 0 Å². The maximum atomic E-state index is 12.9. The van der Waals surface area contributed by atoms with Gasteiger partial charge in [-0.1, -0.05) is 12.8 Å². The van der Waals surface area contributed by atoms with E-state index in [-0.39, 0.29) is 5.92 Å². The number of nitrogens with one attached hydrogen (secondary N) is 1. The van der Waals surface area contributed by atoms with Gasteiger partial charge in [0.1, 0.15) is 0 Å². The molecule has 1 saturated heterocycles. The Morgan fingerprint density at radius 2 is 1.85 bits per heavy atom. The standard InChI is InChI=1S/C16H31N3O/c1-13-12-14(8-9-17-13)16(20)19(11-10-18(2)3)15-6-4-5-7-15/h13-15,17H,4-12H2,1-3H3. The van der Waals surface area contributed by atoms with Crippen LogP contribution in [0, 0.1) is 5.92 Å². The monoisotopic (exact) mass is 281 g/mol. The highest BCUT2D eigenvalue weighted by Gasteiger charge is 2.33. The molecule has 0 aromatic rings. The van der Waals surface area contributed by atoms with Crippen molar-refractivity contribution in [1.82, 2.24) is 15.1 Å². The van der Waals surface area contributed by atoms with Gasteiger partial charge >= 0.3 is 0 Å². The zero-order chi connectivity index (χ0) is 14.5. The highest BCUT2D eigenvalue weighted by molar-refractivity contribution is 5.79. The van der Waals surface area contributed by atoms with Crippen LogP contribution in [0.25, 0.3) is 0 Å². The van der Waals surface area contributed by atoms with Crippen LogP contribution in [0.1, 0.15) is 45.4 Å². The second-order valence-corrected chi connectivity index (χ2v) is 6.85. The molecule has 0 aromatic carbocycles. The quantitative estimate of drug-likeness (QED) is 0.833. The highest BCUT2D eigenvalue weighted by Crippen LogP contribution is 2.27. The molecule has 1 N–H and O–H groups in total.